The Labute approximate surface area is 377 Å². The smallest absolute Gasteiger partial charge is 0.149 e. The Hall–Kier alpha value is -8.14. The molecule has 0 bridgehead atoms. The van der Waals surface area contributed by atoms with E-state index in [-0.39, 0.29) is 0 Å². The summed E-state index contributed by atoms with van der Waals surface area (Å²) in [6, 6.07) is 75.1. The number of rotatable bonds is 4. The molecule has 0 spiro atoms. The number of benzene rings is 10. The Kier molecular flexibility index (Phi) is 6.82. The van der Waals surface area contributed by atoms with Gasteiger partial charge in [-0.05, 0) is 109 Å². The van der Waals surface area contributed by atoms with E-state index in [9.17, 15) is 0 Å². The summed E-state index contributed by atoms with van der Waals surface area (Å²) in [6.07, 6.45) is 0. The average molecular weight is 881 g/mol. The van der Waals surface area contributed by atoms with Crippen LogP contribution in [0.4, 0.5) is 0 Å². The van der Waals surface area contributed by atoms with Crippen LogP contribution in [-0.2, 0) is 0 Å². The molecule has 0 aliphatic carbocycles. The van der Waals surface area contributed by atoms with Crippen molar-refractivity contribution in [2.45, 2.75) is 0 Å². The number of fused-ring (bicyclic) bond motifs is 3. The molecule has 6 heterocycles. The van der Waals surface area contributed by atoms with Crippen molar-refractivity contribution in [3.8, 4) is 22.7 Å². The van der Waals surface area contributed by atoms with Crippen molar-refractivity contribution in [2.75, 3.05) is 0 Å². The summed E-state index contributed by atoms with van der Waals surface area (Å²) in [6.45, 7) is 0. The molecule has 0 N–H and O–H groups in total. The van der Waals surface area contributed by atoms with Crippen LogP contribution in [0.2, 0.25) is 0 Å². The fourth-order valence-electron chi connectivity index (χ4n) is 11.5. The topological polar surface area (TPSA) is 46.0 Å². The molecule has 2 unspecified atom stereocenters. The summed E-state index contributed by atoms with van der Waals surface area (Å²) in [7, 11) is -2.12. The highest BCUT2D eigenvalue weighted by Gasteiger charge is 2.29. The lowest BCUT2D eigenvalue weighted by Crippen LogP contribution is -2.06. The molecule has 0 fully saturated rings. The van der Waals surface area contributed by atoms with Crippen molar-refractivity contribution in [3.63, 3.8) is 0 Å². The third kappa shape index (κ3) is 4.38. The van der Waals surface area contributed by atoms with E-state index in [1.807, 2.05) is 0 Å². The first kappa shape index (κ1) is 35.2. The molecule has 10 aromatic carbocycles. The first-order valence-electron chi connectivity index (χ1n) is 22.4. The van der Waals surface area contributed by atoms with Crippen LogP contribution < -0.4 is 0 Å². The van der Waals surface area contributed by atoms with E-state index in [2.05, 4.69) is 225 Å². The van der Waals surface area contributed by atoms with E-state index in [1.54, 1.807) is 0 Å². The van der Waals surface area contributed by atoms with Crippen LogP contribution in [-0.4, -0.2) is 18.3 Å². The lowest BCUT2D eigenvalue weighted by atomic mass is 10.1. The largest absolute Gasteiger partial charge is 0.455 e. The Balaban J connectivity index is 1.21. The minimum Gasteiger partial charge on any atom is -0.455 e. The highest BCUT2D eigenvalue weighted by molar-refractivity contribution is 7.64. The van der Waals surface area contributed by atoms with E-state index in [1.165, 1.54) is 63.8 Å². The summed E-state index contributed by atoms with van der Waals surface area (Å²) >= 11 is 0. The van der Waals surface area contributed by atoms with Crippen molar-refractivity contribution in [1.29, 1.82) is 0 Å². The van der Waals surface area contributed by atoms with Crippen LogP contribution in [0.25, 0.3) is 131 Å². The van der Waals surface area contributed by atoms with Crippen LogP contribution in [0.1, 0.15) is 0 Å². The second kappa shape index (κ2) is 12.8. The van der Waals surface area contributed by atoms with Gasteiger partial charge in [0.05, 0.1) is 64.6 Å². The maximum absolute atomic E-state index is 7.53. The minimum atomic E-state index is -1.06. The third-order valence-corrected chi connectivity index (χ3v) is 19.3. The van der Waals surface area contributed by atoms with Gasteiger partial charge in [-0.1, -0.05) is 112 Å². The van der Waals surface area contributed by atoms with E-state index in [0.717, 1.165) is 66.9 Å². The average Bonchev–Trinajstić information content (AvgIpc) is 3.38. The van der Waals surface area contributed by atoms with Crippen LogP contribution in [0.3, 0.4) is 0 Å². The summed E-state index contributed by atoms with van der Waals surface area (Å²) in [5.41, 5.74) is 17.5. The van der Waals surface area contributed by atoms with Crippen molar-refractivity contribution >= 4 is 123 Å². The van der Waals surface area contributed by atoms with Crippen molar-refractivity contribution in [2.24, 2.45) is 0 Å². The lowest BCUT2D eigenvalue weighted by Gasteiger charge is -2.27. The zero-order chi connectivity index (χ0) is 42.8. The van der Waals surface area contributed by atoms with Crippen LogP contribution in [0.5, 0.6) is 0 Å². The summed E-state index contributed by atoms with van der Waals surface area (Å²) in [5, 5.41) is 9.88. The molecule has 0 amide bonds. The molecule has 6 nitrogen and oxygen atoms in total. The maximum Gasteiger partial charge on any atom is 0.149 e. The van der Waals surface area contributed by atoms with Crippen molar-refractivity contribution in [3.05, 3.63) is 206 Å². The van der Waals surface area contributed by atoms with Gasteiger partial charge in [-0.2, -0.15) is 0 Å². The Morgan fingerprint density at radius 3 is 1.17 bits per heavy atom. The first-order chi connectivity index (χ1) is 32.8. The van der Waals surface area contributed by atoms with E-state index >= 15 is 0 Å². The minimum absolute atomic E-state index is 0.894. The number of hydrogen-bond acceptors (Lipinski definition) is 2. The second-order valence-corrected chi connectivity index (χ2v) is 21.4. The van der Waals surface area contributed by atoms with Gasteiger partial charge >= 0.3 is 0 Å². The Morgan fingerprint density at radius 2 is 0.667 bits per heavy atom. The lowest BCUT2D eigenvalue weighted by molar-refractivity contribution is 0.661. The molecule has 16 rings (SSSR count). The number of nitrogens with zero attached hydrogens (tertiary/aromatic N) is 4. The monoisotopic (exact) mass is 880 g/mol. The van der Waals surface area contributed by atoms with Gasteiger partial charge in [0.1, 0.15) is 22.3 Å². The molecule has 2 atom stereocenters. The van der Waals surface area contributed by atoms with Gasteiger partial charge in [-0.15, -0.1) is 0 Å². The molecule has 16 aromatic rings. The molecule has 66 heavy (non-hydrogen) atoms. The number of para-hydroxylation sites is 4. The molecule has 0 aliphatic rings. The molecule has 6 aromatic heterocycles. The number of hydrogen-bond donors (Lipinski definition) is 0. The molecule has 8 heteroatoms. The van der Waals surface area contributed by atoms with Gasteiger partial charge in [0.15, 0.2) is 0 Å². The van der Waals surface area contributed by atoms with Crippen LogP contribution in [0.15, 0.2) is 215 Å². The highest BCUT2D eigenvalue weighted by atomic mass is 31.1. The first-order valence-corrected chi connectivity index (χ1v) is 25.0. The predicted molar refractivity (Wildman–Crippen MR) is 277 cm³/mol. The summed E-state index contributed by atoms with van der Waals surface area (Å²) < 4.78 is 24.7. The third-order valence-electron chi connectivity index (χ3n) is 13.9. The zero-order valence-corrected chi connectivity index (χ0v) is 36.9. The van der Waals surface area contributed by atoms with Gasteiger partial charge in [0, 0.05) is 43.8 Å². The zero-order valence-electron chi connectivity index (χ0n) is 35.1. The quantitative estimate of drug-likeness (QED) is 0.131. The predicted octanol–water partition coefficient (Wildman–Crippen LogP) is 17.3. The Morgan fingerprint density at radius 1 is 0.273 bits per heavy atom. The molecule has 0 saturated heterocycles. The van der Waals surface area contributed by atoms with Gasteiger partial charge in [0.2, 0.25) is 0 Å². The van der Waals surface area contributed by atoms with Crippen LogP contribution in [0, 0.1) is 0 Å². The fourth-order valence-corrected chi connectivity index (χ4v) is 17.4. The molecular weight excluding hydrogens is 847 g/mol. The fraction of sp³-hybridized carbons (Fsp3) is 0. The van der Waals surface area contributed by atoms with Crippen molar-refractivity contribution in [1.82, 2.24) is 18.3 Å². The van der Waals surface area contributed by atoms with Gasteiger partial charge in [-0.25, -0.2) is 0 Å². The van der Waals surface area contributed by atoms with E-state index in [0.29, 0.717) is 0 Å². The standard InChI is InChI=1S/C58H34N4O2P2/c1-5-17-35(18-6-1)59-41-25-13-27-43-53(41)65-56-46(59)30-16-32-49(56)64-52-40-34-50-58-51(39(40)33-47(57(52)65)61(43)37-21-9-3-10-22-37)62(38-23-11-4-12-24-38)44-28-14-26-42-54(44)66(58)55-45(29-15-31-48(55)63-50)60(42)36-19-7-2-8-20-36/h1-34H. The SMILES string of the molecule is c1ccc(-n2c3cccc4oc5c6cc7oc8cccc9c8p8c%10c(cccc%10n(-c%10ccccc%10)c(c6cc6c5p(c43)c3c2cccc3n6-c2ccccc2)c78)n9-c2ccccc2)cc1. The van der Waals surface area contributed by atoms with E-state index in [4.69, 9.17) is 8.83 Å². The highest BCUT2D eigenvalue weighted by Crippen LogP contribution is 2.60. The normalized spacial score (nSPS) is 13.1. The van der Waals surface area contributed by atoms with Crippen molar-refractivity contribution < 1.29 is 8.83 Å². The summed E-state index contributed by atoms with van der Waals surface area (Å²) in [5.74, 6) is 0. The maximum atomic E-state index is 7.53. The molecular formula is C58H34N4O2P2. The second-order valence-electron chi connectivity index (χ2n) is 17.3. The number of aromatic nitrogens is 4. The van der Waals surface area contributed by atoms with Gasteiger partial charge in [-0.3, -0.25) is 0 Å². The van der Waals surface area contributed by atoms with Gasteiger partial charge in [0.25, 0.3) is 0 Å². The summed E-state index contributed by atoms with van der Waals surface area (Å²) in [4.78, 5) is 0. The van der Waals surface area contributed by atoms with E-state index < -0.39 is 14.7 Å². The molecule has 0 aliphatic heterocycles. The molecule has 0 radical (unpaired) electrons. The Bertz CT molecular complexity index is 4570. The molecule has 0 saturated carbocycles. The van der Waals surface area contributed by atoms with Crippen LogP contribution >= 0.6 is 14.7 Å². The van der Waals surface area contributed by atoms with Gasteiger partial charge < -0.3 is 27.1 Å². The molecule has 308 valence electrons.